The Morgan fingerprint density at radius 1 is 1.05 bits per heavy atom. The molecule has 0 aromatic carbocycles. The molecule has 7 heteroatoms. The maximum atomic E-state index is 13.3. The zero-order valence-corrected chi connectivity index (χ0v) is 24.6. The van der Waals surface area contributed by atoms with E-state index < -0.39 is 5.97 Å². The van der Waals surface area contributed by atoms with Crippen LogP contribution in [0.2, 0.25) is 0 Å². The van der Waals surface area contributed by atoms with E-state index in [1.807, 2.05) is 0 Å². The first-order valence-electron chi connectivity index (χ1n) is 16.2. The normalized spacial score (nSPS) is 31.5. The van der Waals surface area contributed by atoms with Gasteiger partial charge in [-0.2, -0.15) is 0 Å². The maximum Gasteiger partial charge on any atom is 0.327 e. The van der Waals surface area contributed by atoms with Gasteiger partial charge in [-0.15, -0.1) is 0 Å². The molecule has 4 rings (SSSR count). The van der Waals surface area contributed by atoms with E-state index >= 15 is 0 Å². The fourth-order valence-electron chi connectivity index (χ4n) is 6.98. The number of Topliss-reactive ketones (excluding diaryl/α,β-unsaturated/α-hetero) is 1. The van der Waals surface area contributed by atoms with E-state index in [0.717, 1.165) is 77.4 Å². The van der Waals surface area contributed by atoms with Crippen LogP contribution in [0.1, 0.15) is 116 Å². The van der Waals surface area contributed by atoms with Crippen molar-refractivity contribution in [3.8, 4) is 0 Å². The highest BCUT2D eigenvalue weighted by molar-refractivity contribution is 5.84. The molecular weight excluding hydrogens is 508 g/mol. The van der Waals surface area contributed by atoms with Crippen molar-refractivity contribution in [2.75, 3.05) is 13.2 Å². The molecule has 2 heterocycles. The van der Waals surface area contributed by atoms with Crippen LogP contribution in [0.25, 0.3) is 0 Å². The monoisotopic (exact) mass is 560 g/mol. The predicted molar refractivity (Wildman–Crippen MR) is 154 cm³/mol. The van der Waals surface area contributed by atoms with E-state index in [-0.39, 0.29) is 47.8 Å². The summed E-state index contributed by atoms with van der Waals surface area (Å²) in [4.78, 5) is 24.1. The molecule has 2 aliphatic heterocycles. The van der Waals surface area contributed by atoms with Crippen LogP contribution in [-0.4, -0.2) is 54.9 Å². The topological polar surface area (TPSA) is 91.3 Å². The summed E-state index contributed by atoms with van der Waals surface area (Å²) >= 11 is 0. The summed E-state index contributed by atoms with van der Waals surface area (Å²) in [6.45, 7) is 3.74. The summed E-state index contributed by atoms with van der Waals surface area (Å²) in [6, 6.07) is 0. The largest absolute Gasteiger partial charge is 0.478 e. The van der Waals surface area contributed by atoms with E-state index in [2.05, 4.69) is 19.1 Å². The van der Waals surface area contributed by atoms with Crippen LogP contribution < -0.4 is 0 Å². The number of rotatable bonds is 16. The van der Waals surface area contributed by atoms with Gasteiger partial charge in [-0.25, -0.2) is 4.79 Å². The van der Waals surface area contributed by atoms with Crippen LogP contribution in [0.3, 0.4) is 0 Å². The van der Waals surface area contributed by atoms with Gasteiger partial charge in [-0.3, -0.25) is 4.79 Å². The number of carboxylic acids is 1. The van der Waals surface area contributed by atoms with Gasteiger partial charge in [0.25, 0.3) is 0 Å². The van der Waals surface area contributed by atoms with Crippen molar-refractivity contribution in [3.05, 3.63) is 24.3 Å². The van der Waals surface area contributed by atoms with Gasteiger partial charge in [-0.1, -0.05) is 50.8 Å². The maximum absolute atomic E-state index is 13.3. The minimum atomic E-state index is -0.917. The molecule has 7 nitrogen and oxygen atoms in total. The average molecular weight is 561 g/mol. The molecule has 1 N–H and O–H groups in total. The molecule has 2 unspecified atom stereocenters. The van der Waals surface area contributed by atoms with Crippen molar-refractivity contribution >= 4 is 11.8 Å². The second-order valence-corrected chi connectivity index (χ2v) is 12.4. The number of allylic oxidation sites excluding steroid dienone is 1. The van der Waals surface area contributed by atoms with Gasteiger partial charge in [0.2, 0.25) is 0 Å². The Balaban J connectivity index is 1.49. The zero-order valence-electron chi connectivity index (χ0n) is 24.6. The molecule has 0 aromatic rings. The summed E-state index contributed by atoms with van der Waals surface area (Å²) in [7, 11) is 0. The Bertz CT molecular complexity index is 836. The van der Waals surface area contributed by atoms with Crippen LogP contribution >= 0.6 is 0 Å². The lowest BCUT2D eigenvalue weighted by Gasteiger charge is -2.48. The molecule has 2 saturated carbocycles. The number of carbonyl (C=O) groups excluding carboxylic acids is 1. The smallest absolute Gasteiger partial charge is 0.327 e. The van der Waals surface area contributed by atoms with Crippen molar-refractivity contribution in [2.24, 2.45) is 17.3 Å². The molecule has 2 aliphatic carbocycles. The molecule has 226 valence electrons. The number of ketones is 1. The van der Waals surface area contributed by atoms with Crippen molar-refractivity contribution < 1.29 is 33.6 Å². The van der Waals surface area contributed by atoms with Crippen LogP contribution in [0.5, 0.6) is 0 Å². The fourth-order valence-corrected chi connectivity index (χ4v) is 6.98. The number of hydrogen-bond donors (Lipinski definition) is 1. The molecule has 2 saturated heterocycles. The molecule has 40 heavy (non-hydrogen) atoms. The van der Waals surface area contributed by atoms with Crippen LogP contribution in [0, 0.1) is 17.3 Å². The average Bonchev–Trinajstić information content (AvgIpc) is 3.22. The first-order valence-corrected chi connectivity index (χ1v) is 16.2. The fraction of sp³-hybridized carbons (Fsp3) is 0.818. The molecule has 0 spiro atoms. The highest BCUT2D eigenvalue weighted by Crippen LogP contribution is 2.50. The van der Waals surface area contributed by atoms with E-state index in [0.29, 0.717) is 12.8 Å². The summed E-state index contributed by atoms with van der Waals surface area (Å²) in [5.41, 5.74) is 0.157. The Morgan fingerprint density at radius 3 is 2.42 bits per heavy atom. The molecule has 0 radical (unpaired) electrons. The van der Waals surface area contributed by atoms with Gasteiger partial charge in [0.1, 0.15) is 5.78 Å². The zero-order chi connectivity index (χ0) is 28.2. The molecule has 0 aromatic heterocycles. The second kappa shape index (κ2) is 16.2. The van der Waals surface area contributed by atoms with Gasteiger partial charge in [0.05, 0.1) is 12.2 Å². The number of carboxylic acid groups (broad SMARTS) is 1. The Kier molecular flexibility index (Phi) is 12.7. The van der Waals surface area contributed by atoms with Crippen LogP contribution in [-0.2, 0) is 28.5 Å². The summed E-state index contributed by atoms with van der Waals surface area (Å²) < 4.78 is 25.1. The molecule has 4 fully saturated rings. The summed E-state index contributed by atoms with van der Waals surface area (Å²) in [5.74, 6) is -0.740. The third kappa shape index (κ3) is 8.98. The highest BCUT2D eigenvalue weighted by atomic mass is 16.7. The third-order valence-corrected chi connectivity index (χ3v) is 9.50. The molecule has 0 amide bonds. The minimum absolute atomic E-state index is 0.00531. The van der Waals surface area contributed by atoms with E-state index in [1.165, 1.54) is 38.2 Å². The Labute approximate surface area is 241 Å². The highest BCUT2D eigenvalue weighted by Gasteiger charge is 2.46. The Morgan fingerprint density at radius 2 is 1.80 bits per heavy atom. The van der Waals surface area contributed by atoms with Gasteiger partial charge >= 0.3 is 5.97 Å². The summed E-state index contributed by atoms with van der Waals surface area (Å²) in [5, 5.41) is 8.83. The minimum Gasteiger partial charge on any atom is -0.478 e. The summed E-state index contributed by atoms with van der Waals surface area (Å²) in [6.07, 6.45) is 23.9. The van der Waals surface area contributed by atoms with Gasteiger partial charge in [-0.05, 0) is 77.0 Å². The number of ether oxygens (including phenoxy) is 4. The number of unbranched alkanes of at least 4 members (excludes halogenated alkanes) is 3. The lowest BCUT2D eigenvalue weighted by atomic mass is 9.62. The quantitative estimate of drug-likeness (QED) is 0.122. The van der Waals surface area contributed by atoms with Crippen LogP contribution in [0.15, 0.2) is 24.3 Å². The number of carbonyl (C=O) groups is 2. The lowest BCUT2D eigenvalue weighted by Crippen LogP contribution is -2.44. The van der Waals surface area contributed by atoms with Gasteiger partial charge in [0.15, 0.2) is 12.6 Å². The predicted octanol–water partition coefficient (Wildman–Crippen LogP) is 7.13. The lowest BCUT2D eigenvalue weighted by molar-refractivity contribution is -0.211. The van der Waals surface area contributed by atoms with Crippen molar-refractivity contribution in [2.45, 2.75) is 141 Å². The third-order valence-electron chi connectivity index (χ3n) is 9.50. The van der Waals surface area contributed by atoms with Crippen LogP contribution in [0.4, 0.5) is 0 Å². The second-order valence-electron chi connectivity index (χ2n) is 12.4. The molecule has 6 atom stereocenters. The van der Waals surface area contributed by atoms with Gasteiger partial charge in [0, 0.05) is 43.0 Å². The van der Waals surface area contributed by atoms with Gasteiger partial charge < -0.3 is 24.1 Å². The Hall–Kier alpha value is -1.54. The van der Waals surface area contributed by atoms with Crippen molar-refractivity contribution in [1.82, 2.24) is 0 Å². The standard InChI is InChI=1S/C33H52O7/c1-2-3-19-33(20-12-21-33)29(40-32-16-9-11-23-38-32)18-17-26-25(13-6-4-5-7-14-30(35)36)27(34)24-28(26)39-31-15-8-10-22-37-31/h7,14,17-18,25-26,28-29,31-32H,2-6,8-13,15-16,19-24H2,1H3,(H,35,36)/t25-,26-,28-,29-,31?,32?/m1/s1. The molecule has 4 aliphatic rings. The SMILES string of the molecule is CCCCC1([C@@H](C=C[C@H]2[C@H](OC3CCCCO3)CC(=O)[C@@H]2CCCCC=CC(=O)O)OC2CCCCO2)CCC1. The number of hydrogen-bond acceptors (Lipinski definition) is 6. The number of aliphatic carboxylic acids is 1. The van der Waals surface area contributed by atoms with Crippen molar-refractivity contribution in [1.29, 1.82) is 0 Å². The van der Waals surface area contributed by atoms with E-state index in [9.17, 15) is 9.59 Å². The van der Waals surface area contributed by atoms with Crippen molar-refractivity contribution in [3.63, 3.8) is 0 Å². The molecule has 0 bridgehead atoms. The van der Waals surface area contributed by atoms with E-state index in [4.69, 9.17) is 24.1 Å². The molecular formula is C33H52O7. The van der Waals surface area contributed by atoms with E-state index in [1.54, 1.807) is 6.08 Å². The first-order chi connectivity index (χ1) is 19.5. The first kappa shape index (κ1) is 31.4.